The molecule has 0 fully saturated rings. The van der Waals surface area contributed by atoms with Gasteiger partial charge in [-0.15, -0.1) is 0 Å². The number of fused-ring (bicyclic) bond motifs is 1. The normalized spacial score (nSPS) is 13.5. The standard InChI is InChI=1S/C20H23FN2O3/c1-13(2)22-20(24)23-17(9-14-3-6-16(21)7-4-14)10-15-5-8-18-19(11-15)26-12-25-18/h3-8,11,13,17H,9-10,12H2,1-2H3,(H2,22,23,24)/t17-/m1/s1. The second kappa shape index (κ2) is 8.08. The Labute approximate surface area is 152 Å². The molecule has 3 rings (SSSR count). The fraction of sp³-hybridized carbons (Fsp3) is 0.350. The number of hydrogen-bond donors (Lipinski definition) is 2. The van der Waals surface area contributed by atoms with Crippen LogP contribution in [0.1, 0.15) is 25.0 Å². The minimum absolute atomic E-state index is 0.0482. The lowest BCUT2D eigenvalue weighted by atomic mass is 9.98. The number of rotatable bonds is 6. The molecule has 6 heteroatoms. The van der Waals surface area contributed by atoms with Crippen LogP contribution in [-0.4, -0.2) is 24.9 Å². The van der Waals surface area contributed by atoms with E-state index in [1.807, 2.05) is 32.0 Å². The number of hydrogen-bond acceptors (Lipinski definition) is 3. The highest BCUT2D eigenvalue weighted by molar-refractivity contribution is 5.74. The van der Waals surface area contributed by atoms with E-state index in [9.17, 15) is 9.18 Å². The number of carbonyl (C=O) groups excluding carboxylic acids is 1. The highest BCUT2D eigenvalue weighted by Gasteiger charge is 2.18. The first-order valence-electron chi connectivity index (χ1n) is 8.69. The Morgan fingerprint density at radius 2 is 1.65 bits per heavy atom. The first-order valence-corrected chi connectivity index (χ1v) is 8.69. The topological polar surface area (TPSA) is 59.6 Å². The van der Waals surface area contributed by atoms with E-state index in [1.165, 1.54) is 12.1 Å². The van der Waals surface area contributed by atoms with E-state index in [0.29, 0.717) is 12.8 Å². The number of nitrogens with one attached hydrogen (secondary N) is 2. The minimum Gasteiger partial charge on any atom is -0.454 e. The van der Waals surface area contributed by atoms with Crippen molar-refractivity contribution in [2.45, 2.75) is 38.8 Å². The lowest BCUT2D eigenvalue weighted by molar-refractivity contribution is 0.174. The summed E-state index contributed by atoms with van der Waals surface area (Å²) < 4.78 is 23.9. The summed E-state index contributed by atoms with van der Waals surface area (Å²) in [5.74, 6) is 1.18. The zero-order chi connectivity index (χ0) is 18.5. The van der Waals surface area contributed by atoms with Gasteiger partial charge < -0.3 is 20.1 Å². The van der Waals surface area contributed by atoms with Crippen molar-refractivity contribution in [1.82, 2.24) is 10.6 Å². The van der Waals surface area contributed by atoms with Crippen LogP contribution in [0.3, 0.4) is 0 Å². The quantitative estimate of drug-likeness (QED) is 0.832. The Kier molecular flexibility index (Phi) is 5.61. The first kappa shape index (κ1) is 18.0. The molecule has 1 atom stereocenters. The van der Waals surface area contributed by atoms with Crippen molar-refractivity contribution in [1.29, 1.82) is 0 Å². The average Bonchev–Trinajstić information content (AvgIpc) is 3.04. The number of benzene rings is 2. The molecule has 138 valence electrons. The van der Waals surface area contributed by atoms with Crippen molar-refractivity contribution in [2.24, 2.45) is 0 Å². The van der Waals surface area contributed by atoms with Crippen LogP contribution in [0.4, 0.5) is 9.18 Å². The molecule has 5 nitrogen and oxygen atoms in total. The van der Waals surface area contributed by atoms with Crippen molar-refractivity contribution in [3.8, 4) is 11.5 Å². The van der Waals surface area contributed by atoms with Crippen molar-refractivity contribution in [3.05, 3.63) is 59.4 Å². The van der Waals surface area contributed by atoms with Crippen LogP contribution in [0.2, 0.25) is 0 Å². The second-order valence-corrected chi connectivity index (χ2v) is 6.69. The molecule has 0 saturated carbocycles. The molecule has 0 unspecified atom stereocenters. The summed E-state index contributed by atoms with van der Waals surface area (Å²) in [6.07, 6.45) is 1.22. The Hall–Kier alpha value is -2.76. The lowest BCUT2D eigenvalue weighted by Crippen LogP contribution is -2.46. The number of ether oxygens (including phenoxy) is 2. The number of urea groups is 1. The Bertz CT molecular complexity index is 762. The Morgan fingerprint density at radius 1 is 1.00 bits per heavy atom. The molecular weight excluding hydrogens is 335 g/mol. The van der Waals surface area contributed by atoms with Gasteiger partial charge in [0.25, 0.3) is 0 Å². The van der Waals surface area contributed by atoms with E-state index in [1.54, 1.807) is 12.1 Å². The molecule has 2 aromatic carbocycles. The summed E-state index contributed by atoms with van der Waals surface area (Å²) in [5.41, 5.74) is 1.99. The summed E-state index contributed by atoms with van der Waals surface area (Å²) in [6, 6.07) is 11.8. The van der Waals surface area contributed by atoms with Gasteiger partial charge in [0.05, 0.1) is 0 Å². The molecule has 2 N–H and O–H groups in total. The van der Waals surface area contributed by atoms with Crippen molar-refractivity contribution < 1.29 is 18.7 Å². The smallest absolute Gasteiger partial charge is 0.315 e. The Balaban J connectivity index is 1.73. The predicted octanol–water partition coefficient (Wildman–Crippen LogP) is 3.42. The lowest BCUT2D eigenvalue weighted by Gasteiger charge is -2.21. The molecule has 0 spiro atoms. The Morgan fingerprint density at radius 3 is 2.38 bits per heavy atom. The van der Waals surface area contributed by atoms with Crippen LogP contribution in [0.25, 0.3) is 0 Å². The largest absolute Gasteiger partial charge is 0.454 e. The summed E-state index contributed by atoms with van der Waals surface area (Å²) >= 11 is 0. The zero-order valence-electron chi connectivity index (χ0n) is 14.9. The van der Waals surface area contributed by atoms with E-state index < -0.39 is 0 Å². The van der Waals surface area contributed by atoms with Gasteiger partial charge in [0.1, 0.15) is 5.82 Å². The second-order valence-electron chi connectivity index (χ2n) is 6.69. The fourth-order valence-electron chi connectivity index (χ4n) is 2.92. The van der Waals surface area contributed by atoms with E-state index in [2.05, 4.69) is 10.6 Å². The molecule has 26 heavy (non-hydrogen) atoms. The maximum Gasteiger partial charge on any atom is 0.315 e. The van der Waals surface area contributed by atoms with Crippen molar-refractivity contribution in [3.63, 3.8) is 0 Å². The summed E-state index contributed by atoms with van der Waals surface area (Å²) in [5, 5.41) is 5.85. The van der Waals surface area contributed by atoms with Gasteiger partial charge in [-0.3, -0.25) is 0 Å². The van der Waals surface area contributed by atoms with Gasteiger partial charge in [0, 0.05) is 12.1 Å². The van der Waals surface area contributed by atoms with Gasteiger partial charge in [0.15, 0.2) is 11.5 Å². The van der Waals surface area contributed by atoms with E-state index in [4.69, 9.17) is 9.47 Å². The molecule has 2 amide bonds. The molecule has 0 radical (unpaired) electrons. The van der Waals surface area contributed by atoms with Gasteiger partial charge in [-0.1, -0.05) is 18.2 Å². The molecule has 1 aliphatic heterocycles. The third kappa shape index (κ3) is 4.88. The molecule has 0 saturated heterocycles. The molecular formula is C20H23FN2O3. The van der Waals surface area contributed by atoms with Crippen molar-refractivity contribution >= 4 is 6.03 Å². The molecule has 0 bridgehead atoms. The highest BCUT2D eigenvalue weighted by Crippen LogP contribution is 2.32. The molecule has 1 aliphatic rings. The predicted molar refractivity (Wildman–Crippen MR) is 97.0 cm³/mol. The van der Waals surface area contributed by atoms with Gasteiger partial charge in [-0.05, 0) is 62.1 Å². The van der Waals surface area contributed by atoms with Crippen molar-refractivity contribution in [2.75, 3.05) is 6.79 Å². The number of halogens is 1. The molecule has 2 aromatic rings. The summed E-state index contributed by atoms with van der Waals surface area (Å²) in [7, 11) is 0. The third-order valence-electron chi connectivity index (χ3n) is 4.07. The van der Waals surface area contributed by atoms with Crippen LogP contribution in [-0.2, 0) is 12.8 Å². The number of carbonyl (C=O) groups is 1. The van der Waals surface area contributed by atoms with Gasteiger partial charge in [0.2, 0.25) is 6.79 Å². The number of amides is 2. The highest BCUT2D eigenvalue weighted by atomic mass is 19.1. The summed E-state index contributed by atoms with van der Waals surface area (Å²) in [4.78, 5) is 12.2. The fourth-order valence-corrected chi connectivity index (χ4v) is 2.92. The maximum atomic E-state index is 13.1. The van der Waals surface area contributed by atoms with Gasteiger partial charge in [-0.25, -0.2) is 9.18 Å². The van der Waals surface area contributed by atoms with E-state index >= 15 is 0 Å². The van der Waals surface area contributed by atoms with Gasteiger partial charge >= 0.3 is 6.03 Å². The maximum absolute atomic E-state index is 13.1. The van der Waals surface area contributed by atoms with Crippen LogP contribution >= 0.6 is 0 Å². The van der Waals surface area contributed by atoms with Crippen LogP contribution < -0.4 is 20.1 Å². The summed E-state index contributed by atoms with van der Waals surface area (Å²) in [6.45, 7) is 4.05. The van der Waals surface area contributed by atoms with Gasteiger partial charge in [-0.2, -0.15) is 0 Å². The minimum atomic E-state index is -0.272. The monoisotopic (exact) mass is 358 g/mol. The van der Waals surface area contributed by atoms with E-state index in [0.717, 1.165) is 22.6 Å². The third-order valence-corrected chi connectivity index (χ3v) is 4.07. The first-order chi connectivity index (χ1) is 12.5. The van der Waals surface area contributed by atoms with E-state index in [-0.39, 0.29) is 30.7 Å². The SMILES string of the molecule is CC(C)NC(=O)N[C@H](Cc1ccc(F)cc1)Cc1ccc2c(c1)OCO2. The zero-order valence-corrected chi connectivity index (χ0v) is 14.9. The van der Waals surface area contributed by atoms with Crippen LogP contribution in [0.15, 0.2) is 42.5 Å². The van der Waals surface area contributed by atoms with Crippen LogP contribution in [0.5, 0.6) is 11.5 Å². The molecule has 0 aliphatic carbocycles. The molecule has 1 heterocycles. The molecule has 0 aromatic heterocycles. The average molecular weight is 358 g/mol. The van der Waals surface area contributed by atoms with Crippen LogP contribution in [0, 0.1) is 5.82 Å².